The summed E-state index contributed by atoms with van der Waals surface area (Å²) in [5.74, 6) is 1.01. The van der Waals surface area contributed by atoms with Crippen molar-refractivity contribution in [1.82, 2.24) is 15.1 Å². The van der Waals surface area contributed by atoms with Gasteiger partial charge in [0.05, 0.1) is 25.7 Å². The van der Waals surface area contributed by atoms with Gasteiger partial charge in [-0.2, -0.15) is 0 Å². The summed E-state index contributed by atoms with van der Waals surface area (Å²) in [7, 11) is 6.80. The number of benzene rings is 2. The molecule has 1 saturated heterocycles. The first-order valence-electron chi connectivity index (χ1n) is 10.9. The molecule has 2 amide bonds. The largest absolute Gasteiger partial charge is 0.493 e. The second kappa shape index (κ2) is 8.82. The summed E-state index contributed by atoms with van der Waals surface area (Å²) in [6.45, 7) is 1.86. The molecule has 2 heterocycles. The van der Waals surface area contributed by atoms with Crippen LogP contribution in [-0.4, -0.2) is 68.6 Å². The fourth-order valence-corrected chi connectivity index (χ4v) is 5.04. The summed E-state index contributed by atoms with van der Waals surface area (Å²) in [5, 5.41) is 3.28. The second-order valence-electron chi connectivity index (χ2n) is 8.91. The Balaban J connectivity index is 1.62. The Bertz CT molecular complexity index is 1020. The van der Waals surface area contributed by atoms with Crippen molar-refractivity contribution in [3.05, 3.63) is 59.2 Å². The van der Waals surface area contributed by atoms with Crippen LogP contribution in [0.1, 0.15) is 27.9 Å². The molecule has 32 heavy (non-hydrogen) atoms. The Morgan fingerprint density at radius 1 is 1.16 bits per heavy atom. The molecule has 7 nitrogen and oxygen atoms in total. The number of rotatable bonds is 5. The highest BCUT2D eigenvalue weighted by molar-refractivity contribution is 5.97. The van der Waals surface area contributed by atoms with Crippen LogP contribution in [0.2, 0.25) is 0 Å². The van der Waals surface area contributed by atoms with Crippen molar-refractivity contribution in [2.45, 2.75) is 24.9 Å². The predicted octanol–water partition coefficient (Wildman–Crippen LogP) is 2.34. The van der Waals surface area contributed by atoms with Crippen molar-refractivity contribution in [2.75, 3.05) is 41.4 Å². The van der Waals surface area contributed by atoms with Gasteiger partial charge in [0.2, 0.25) is 5.91 Å². The van der Waals surface area contributed by atoms with E-state index in [0.717, 1.165) is 24.0 Å². The highest BCUT2D eigenvalue weighted by atomic mass is 16.5. The van der Waals surface area contributed by atoms with Crippen molar-refractivity contribution < 1.29 is 19.1 Å². The van der Waals surface area contributed by atoms with E-state index in [1.165, 1.54) is 0 Å². The van der Waals surface area contributed by atoms with E-state index in [2.05, 4.69) is 10.2 Å². The second-order valence-corrected chi connectivity index (χ2v) is 8.91. The Hall–Kier alpha value is -3.06. The molecular weight excluding hydrogens is 406 g/mol. The zero-order chi connectivity index (χ0) is 22.9. The molecule has 0 saturated carbocycles. The minimum absolute atomic E-state index is 0.0473. The number of nitrogens with one attached hydrogen (secondary N) is 1. The molecule has 0 radical (unpaired) electrons. The molecule has 0 aromatic heterocycles. The number of likely N-dealkylation sites (tertiary alicyclic amines) is 1. The average Bonchev–Trinajstić information content (AvgIpc) is 3.06. The number of amides is 2. The minimum atomic E-state index is -0.603. The van der Waals surface area contributed by atoms with Gasteiger partial charge < -0.3 is 19.7 Å². The number of ether oxygens (including phenoxy) is 2. The van der Waals surface area contributed by atoms with Gasteiger partial charge in [0.1, 0.15) is 0 Å². The molecule has 1 spiro atoms. The maximum Gasteiger partial charge on any atom is 0.252 e. The summed E-state index contributed by atoms with van der Waals surface area (Å²) in [6.07, 6.45) is 1.48. The Labute approximate surface area is 189 Å². The molecule has 0 aliphatic carbocycles. The predicted molar refractivity (Wildman–Crippen MR) is 122 cm³/mol. The summed E-state index contributed by atoms with van der Waals surface area (Å²) in [4.78, 5) is 30.2. The quantitative estimate of drug-likeness (QED) is 0.778. The van der Waals surface area contributed by atoms with Gasteiger partial charge in [-0.15, -0.1) is 0 Å². The van der Waals surface area contributed by atoms with E-state index in [-0.39, 0.29) is 17.7 Å². The van der Waals surface area contributed by atoms with Gasteiger partial charge in [0, 0.05) is 39.3 Å². The number of fused-ring (bicyclic) bond motifs is 1. The molecule has 2 aromatic carbocycles. The van der Waals surface area contributed by atoms with Crippen LogP contribution in [0.25, 0.3) is 0 Å². The molecule has 2 atom stereocenters. The van der Waals surface area contributed by atoms with Crippen molar-refractivity contribution in [3.63, 3.8) is 0 Å². The highest BCUT2D eigenvalue weighted by Crippen LogP contribution is 2.37. The molecule has 0 bridgehead atoms. The topological polar surface area (TPSA) is 71.1 Å². The van der Waals surface area contributed by atoms with E-state index in [1.54, 1.807) is 33.2 Å². The normalized spacial score (nSPS) is 22.8. The van der Waals surface area contributed by atoms with E-state index in [1.807, 2.05) is 42.5 Å². The van der Waals surface area contributed by atoms with Gasteiger partial charge in [-0.1, -0.05) is 24.3 Å². The first kappa shape index (κ1) is 22.1. The Morgan fingerprint density at radius 3 is 2.62 bits per heavy atom. The van der Waals surface area contributed by atoms with Crippen LogP contribution in [0, 0.1) is 5.92 Å². The zero-order valence-corrected chi connectivity index (χ0v) is 19.2. The zero-order valence-electron chi connectivity index (χ0n) is 19.2. The molecule has 170 valence electrons. The van der Waals surface area contributed by atoms with Crippen LogP contribution in [-0.2, 0) is 17.8 Å². The maximum atomic E-state index is 13.2. The number of hydrogen-bond acceptors (Lipinski definition) is 5. The van der Waals surface area contributed by atoms with E-state index in [4.69, 9.17) is 9.47 Å². The fraction of sp³-hybridized carbons (Fsp3) is 0.440. The van der Waals surface area contributed by atoms with Crippen LogP contribution < -0.4 is 14.8 Å². The van der Waals surface area contributed by atoms with Crippen molar-refractivity contribution in [2.24, 2.45) is 5.92 Å². The van der Waals surface area contributed by atoms with Gasteiger partial charge in [0.15, 0.2) is 11.5 Å². The summed E-state index contributed by atoms with van der Waals surface area (Å²) in [5.41, 5.74) is 2.21. The minimum Gasteiger partial charge on any atom is -0.493 e. The molecule has 7 heteroatoms. The summed E-state index contributed by atoms with van der Waals surface area (Å²) >= 11 is 0. The Morgan fingerprint density at radius 2 is 1.91 bits per heavy atom. The van der Waals surface area contributed by atoms with Crippen LogP contribution in [0.15, 0.2) is 42.5 Å². The number of hydrogen-bond donors (Lipinski definition) is 1. The van der Waals surface area contributed by atoms with E-state index in [9.17, 15) is 9.59 Å². The first-order chi connectivity index (χ1) is 15.4. The molecule has 4 rings (SSSR count). The third-order valence-electron chi connectivity index (χ3n) is 6.67. The molecule has 1 N–H and O–H groups in total. The van der Waals surface area contributed by atoms with E-state index >= 15 is 0 Å². The third kappa shape index (κ3) is 4.05. The number of methoxy groups -OCH3 is 2. The molecule has 1 fully saturated rings. The lowest BCUT2D eigenvalue weighted by Gasteiger charge is -2.35. The van der Waals surface area contributed by atoms with E-state index in [0.29, 0.717) is 36.7 Å². The van der Waals surface area contributed by atoms with Crippen molar-refractivity contribution >= 4 is 11.8 Å². The van der Waals surface area contributed by atoms with Crippen molar-refractivity contribution in [3.8, 4) is 11.5 Å². The van der Waals surface area contributed by atoms with Crippen molar-refractivity contribution in [1.29, 1.82) is 0 Å². The number of carbonyl (C=O) groups is 2. The number of aryl methyl sites for hydroxylation is 1. The van der Waals surface area contributed by atoms with Gasteiger partial charge >= 0.3 is 0 Å². The standard InChI is InChI=1S/C25H31N3O4/c1-27(2)24(30)20-15-28(14-17-9-10-21(31-3)22(13-17)32-4)16-25(20)12-11-18-7-5-6-8-19(18)23(29)26-25/h5-10,13,20H,11-12,14-16H2,1-4H3,(H,26,29)/t20-,25+/m1/s1. The van der Waals surface area contributed by atoms with Gasteiger partial charge in [-0.05, 0) is 42.2 Å². The lowest BCUT2D eigenvalue weighted by Crippen LogP contribution is -2.57. The summed E-state index contributed by atoms with van der Waals surface area (Å²) in [6, 6.07) is 13.6. The summed E-state index contributed by atoms with van der Waals surface area (Å²) < 4.78 is 10.8. The van der Waals surface area contributed by atoms with Gasteiger partial charge in [0.25, 0.3) is 5.91 Å². The molecule has 0 unspecified atom stereocenters. The monoisotopic (exact) mass is 437 g/mol. The van der Waals surface area contributed by atoms with Gasteiger partial charge in [-0.3, -0.25) is 14.5 Å². The van der Waals surface area contributed by atoms with Crippen LogP contribution in [0.3, 0.4) is 0 Å². The molecule has 2 aliphatic heterocycles. The van der Waals surface area contributed by atoms with Crippen LogP contribution >= 0.6 is 0 Å². The lowest BCUT2D eigenvalue weighted by atomic mass is 9.81. The third-order valence-corrected chi connectivity index (χ3v) is 6.67. The smallest absolute Gasteiger partial charge is 0.252 e. The SMILES string of the molecule is COc1ccc(CN2C[C@H](C(=O)N(C)C)[C@]3(CCc4ccccc4C(=O)N3)C2)cc1OC. The molecular formula is C25H31N3O4. The molecule has 2 aliphatic rings. The fourth-order valence-electron chi connectivity index (χ4n) is 5.04. The van der Waals surface area contributed by atoms with Gasteiger partial charge in [-0.25, -0.2) is 0 Å². The average molecular weight is 438 g/mol. The van der Waals surface area contributed by atoms with Crippen LogP contribution in [0.4, 0.5) is 0 Å². The number of nitrogens with zero attached hydrogens (tertiary/aromatic N) is 2. The Kier molecular flexibility index (Phi) is 6.11. The molecule has 2 aromatic rings. The maximum absolute atomic E-state index is 13.2. The highest BCUT2D eigenvalue weighted by Gasteiger charge is 2.52. The lowest BCUT2D eigenvalue weighted by molar-refractivity contribution is -0.134. The number of carbonyl (C=O) groups excluding carboxylic acids is 2. The van der Waals surface area contributed by atoms with Crippen LogP contribution in [0.5, 0.6) is 11.5 Å². The van der Waals surface area contributed by atoms with E-state index < -0.39 is 5.54 Å². The first-order valence-corrected chi connectivity index (χ1v) is 10.9.